The highest BCUT2D eigenvalue weighted by Gasteiger charge is 2.34. The monoisotopic (exact) mass is 447 g/mol. The van der Waals surface area contributed by atoms with E-state index in [-0.39, 0.29) is 29.7 Å². The largest absolute Gasteiger partial charge is 0.495 e. The van der Waals surface area contributed by atoms with E-state index in [2.05, 4.69) is 39.8 Å². The molecule has 0 bridgehead atoms. The minimum Gasteiger partial charge on any atom is -0.495 e. The van der Waals surface area contributed by atoms with E-state index in [1.807, 2.05) is 18.2 Å². The van der Waals surface area contributed by atoms with Gasteiger partial charge in [0.05, 0.1) is 24.3 Å². The standard InChI is InChI=1S/C24H25N5O4/c1-13(2)14-8-10-15(11-9-14)25-22(31)16-12-19(30)27-21-20(16)23(32)29-24(28-21)26-17-6-4-5-7-18(17)33-3/h4-11,13,16H,12H2,1-3H3,(H,25,31)(H3,26,27,28,29,30,32). The number of ether oxygens (including phenoxy) is 1. The van der Waals surface area contributed by atoms with E-state index >= 15 is 0 Å². The number of fused-ring (bicyclic) bond motifs is 1. The van der Waals surface area contributed by atoms with Gasteiger partial charge in [-0.15, -0.1) is 0 Å². The van der Waals surface area contributed by atoms with Crippen LogP contribution < -0.4 is 26.2 Å². The van der Waals surface area contributed by atoms with Crippen LogP contribution in [-0.4, -0.2) is 28.9 Å². The normalized spacial score (nSPS) is 14.9. The third-order valence-electron chi connectivity index (χ3n) is 5.47. The highest BCUT2D eigenvalue weighted by Crippen LogP contribution is 2.31. The summed E-state index contributed by atoms with van der Waals surface area (Å²) >= 11 is 0. The molecule has 0 radical (unpaired) electrons. The van der Waals surface area contributed by atoms with Gasteiger partial charge >= 0.3 is 0 Å². The summed E-state index contributed by atoms with van der Waals surface area (Å²) in [6, 6.07) is 14.6. The molecule has 170 valence electrons. The second-order valence-corrected chi connectivity index (χ2v) is 8.07. The van der Waals surface area contributed by atoms with Crippen LogP contribution in [0.3, 0.4) is 0 Å². The van der Waals surface area contributed by atoms with Crippen LogP contribution in [0.15, 0.2) is 53.3 Å². The van der Waals surface area contributed by atoms with Gasteiger partial charge in [0.2, 0.25) is 17.8 Å². The molecule has 33 heavy (non-hydrogen) atoms. The summed E-state index contributed by atoms with van der Waals surface area (Å²) in [6.45, 7) is 4.17. The van der Waals surface area contributed by atoms with Gasteiger partial charge in [0, 0.05) is 12.1 Å². The molecule has 9 heteroatoms. The summed E-state index contributed by atoms with van der Waals surface area (Å²) in [5.41, 5.74) is 1.94. The number of hydrogen-bond acceptors (Lipinski definition) is 6. The van der Waals surface area contributed by atoms with Crippen molar-refractivity contribution in [2.75, 3.05) is 23.1 Å². The predicted octanol–water partition coefficient (Wildman–Crippen LogP) is 3.71. The van der Waals surface area contributed by atoms with Crippen molar-refractivity contribution in [3.8, 4) is 5.75 Å². The molecule has 9 nitrogen and oxygen atoms in total. The fraction of sp³-hybridized carbons (Fsp3) is 0.250. The van der Waals surface area contributed by atoms with Gasteiger partial charge in [-0.3, -0.25) is 19.4 Å². The Balaban J connectivity index is 1.61. The number of aromatic amines is 1. The summed E-state index contributed by atoms with van der Waals surface area (Å²) in [7, 11) is 1.53. The lowest BCUT2D eigenvalue weighted by Gasteiger charge is -2.24. The Morgan fingerprint density at radius 2 is 1.85 bits per heavy atom. The van der Waals surface area contributed by atoms with Crippen molar-refractivity contribution in [1.82, 2.24) is 9.97 Å². The Labute approximate surface area is 190 Å². The third kappa shape index (κ3) is 4.72. The molecular weight excluding hydrogens is 422 g/mol. The first-order valence-electron chi connectivity index (χ1n) is 10.6. The maximum atomic E-state index is 13.0. The van der Waals surface area contributed by atoms with Crippen LogP contribution in [0.5, 0.6) is 5.75 Å². The van der Waals surface area contributed by atoms with Crippen molar-refractivity contribution < 1.29 is 14.3 Å². The zero-order valence-electron chi connectivity index (χ0n) is 18.6. The number of benzene rings is 2. The van der Waals surface area contributed by atoms with Crippen molar-refractivity contribution >= 4 is 35.0 Å². The number of carbonyl (C=O) groups excluding carboxylic acids is 2. The van der Waals surface area contributed by atoms with E-state index in [4.69, 9.17) is 4.74 Å². The molecule has 3 aromatic rings. The van der Waals surface area contributed by atoms with E-state index in [0.717, 1.165) is 5.56 Å². The minimum absolute atomic E-state index is 0.0581. The SMILES string of the molecule is COc1ccccc1Nc1nc2c(c(=O)[nH]1)C(C(=O)Nc1ccc(C(C)C)cc1)CC(=O)N2. The molecule has 2 amide bonds. The molecule has 0 aliphatic carbocycles. The van der Waals surface area contributed by atoms with Gasteiger partial charge in [0.25, 0.3) is 5.56 Å². The zero-order valence-corrected chi connectivity index (χ0v) is 18.6. The van der Waals surface area contributed by atoms with Gasteiger partial charge < -0.3 is 20.7 Å². The molecule has 1 aliphatic rings. The van der Waals surface area contributed by atoms with Gasteiger partial charge in [-0.25, -0.2) is 0 Å². The van der Waals surface area contributed by atoms with E-state index in [0.29, 0.717) is 23.0 Å². The number of rotatable bonds is 6. The number of nitrogens with zero attached hydrogens (tertiary/aromatic N) is 1. The third-order valence-corrected chi connectivity index (χ3v) is 5.47. The van der Waals surface area contributed by atoms with Crippen molar-refractivity contribution in [1.29, 1.82) is 0 Å². The van der Waals surface area contributed by atoms with Crippen LogP contribution in [0, 0.1) is 0 Å². The molecule has 1 unspecified atom stereocenters. The topological polar surface area (TPSA) is 125 Å². The fourth-order valence-corrected chi connectivity index (χ4v) is 3.71. The molecule has 0 spiro atoms. The number of aromatic nitrogens is 2. The van der Waals surface area contributed by atoms with Crippen molar-refractivity contribution in [2.45, 2.75) is 32.1 Å². The number of hydrogen-bond donors (Lipinski definition) is 4. The minimum atomic E-state index is -0.963. The first-order valence-corrected chi connectivity index (χ1v) is 10.6. The number of anilines is 4. The van der Waals surface area contributed by atoms with Crippen molar-refractivity contribution in [3.63, 3.8) is 0 Å². The van der Waals surface area contributed by atoms with E-state index in [1.165, 1.54) is 7.11 Å². The van der Waals surface area contributed by atoms with Gasteiger partial charge in [-0.2, -0.15) is 4.98 Å². The molecule has 1 aliphatic heterocycles. The molecule has 4 N–H and O–H groups in total. The van der Waals surface area contributed by atoms with Crippen molar-refractivity contribution in [2.24, 2.45) is 0 Å². The predicted molar refractivity (Wildman–Crippen MR) is 126 cm³/mol. The number of nitrogens with one attached hydrogen (secondary N) is 4. The number of H-pyrrole nitrogens is 1. The molecule has 4 rings (SSSR count). The van der Waals surface area contributed by atoms with Gasteiger partial charge in [0.15, 0.2) is 0 Å². The molecular formula is C24H25N5O4. The Bertz CT molecular complexity index is 1250. The fourth-order valence-electron chi connectivity index (χ4n) is 3.71. The Morgan fingerprint density at radius 1 is 1.12 bits per heavy atom. The second-order valence-electron chi connectivity index (χ2n) is 8.07. The summed E-state index contributed by atoms with van der Waals surface area (Å²) < 4.78 is 5.30. The van der Waals surface area contributed by atoms with Gasteiger partial charge in [0.1, 0.15) is 11.6 Å². The van der Waals surface area contributed by atoms with E-state index in [9.17, 15) is 14.4 Å². The van der Waals surface area contributed by atoms with Crippen LogP contribution in [-0.2, 0) is 9.59 Å². The summed E-state index contributed by atoms with van der Waals surface area (Å²) in [5.74, 6) is -0.693. The van der Waals surface area contributed by atoms with Crippen LogP contribution in [0.2, 0.25) is 0 Å². The molecule has 2 aromatic carbocycles. The molecule has 2 heterocycles. The highest BCUT2D eigenvalue weighted by molar-refractivity contribution is 6.04. The average molecular weight is 447 g/mol. The van der Waals surface area contributed by atoms with Crippen LogP contribution in [0.25, 0.3) is 0 Å². The Hall–Kier alpha value is -4.14. The second kappa shape index (κ2) is 9.15. The van der Waals surface area contributed by atoms with E-state index < -0.39 is 17.4 Å². The zero-order chi connectivity index (χ0) is 23.5. The molecule has 0 fully saturated rings. The summed E-state index contributed by atoms with van der Waals surface area (Å²) in [5, 5.41) is 8.39. The van der Waals surface area contributed by atoms with Gasteiger partial charge in [-0.05, 0) is 35.7 Å². The lowest BCUT2D eigenvalue weighted by atomic mass is 9.92. The van der Waals surface area contributed by atoms with Crippen LogP contribution in [0.4, 0.5) is 23.1 Å². The van der Waals surface area contributed by atoms with E-state index in [1.54, 1.807) is 30.3 Å². The first kappa shape index (κ1) is 22.1. The maximum Gasteiger partial charge on any atom is 0.258 e. The van der Waals surface area contributed by atoms with Crippen LogP contribution in [0.1, 0.15) is 43.2 Å². The average Bonchev–Trinajstić information content (AvgIpc) is 2.79. The Kier molecular flexibility index (Phi) is 6.12. The molecule has 1 atom stereocenters. The van der Waals surface area contributed by atoms with Crippen molar-refractivity contribution in [3.05, 3.63) is 70.0 Å². The lowest BCUT2D eigenvalue weighted by Crippen LogP contribution is -2.36. The smallest absolute Gasteiger partial charge is 0.258 e. The summed E-state index contributed by atoms with van der Waals surface area (Å²) in [6.07, 6.45) is -0.146. The Morgan fingerprint density at radius 3 is 2.55 bits per heavy atom. The number of amides is 2. The number of para-hydroxylation sites is 2. The van der Waals surface area contributed by atoms with Crippen LogP contribution >= 0.6 is 0 Å². The number of methoxy groups -OCH3 is 1. The lowest BCUT2D eigenvalue weighted by molar-refractivity contribution is -0.123. The first-order chi connectivity index (χ1) is 15.9. The number of carbonyl (C=O) groups is 2. The van der Waals surface area contributed by atoms with Gasteiger partial charge in [-0.1, -0.05) is 38.1 Å². The molecule has 0 saturated carbocycles. The molecule has 1 aromatic heterocycles. The molecule has 0 saturated heterocycles. The highest BCUT2D eigenvalue weighted by atomic mass is 16.5. The summed E-state index contributed by atoms with van der Waals surface area (Å²) in [4.78, 5) is 45.2. The quantitative estimate of drug-likeness (QED) is 0.457. The maximum absolute atomic E-state index is 13.0.